The molecule has 4 rings (SSSR count). The molecule has 9 nitrogen and oxygen atoms in total. The van der Waals surface area contributed by atoms with Crippen LogP contribution >= 0.6 is 0 Å². The summed E-state index contributed by atoms with van der Waals surface area (Å²) < 4.78 is 19.6. The second-order valence-electron chi connectivity index (χ2n) is 9.12. The maximum absolute atomic E-state index is 14.5. The van der Waals surface area contributed by atoms with Gasteiger partial charge in [-0.3, -0.25) is 30.8 Å². The van der Waals surface area contributed by atoms with Gasteiger partial charge in [-0.15, -0.1) is 0 Å². The Labute approximate surface area is 202 Å². The van der Waals surface area contributed by atoms with Gasteiger partial charge >= 0.3 is 0 Å². The zero-order valence-electron chi connectivity index (χ0n) is 20.5. The Balaban J connectivity index is 1.51. The number of nitrogens with one attached hydrogen (secondary N) is 2. The molecule has 0 aromatic heterocycles. The zero-order valence-corrected chi connectivity index (χ0v) is 20.5. The molecule has 0 spiro atoms. The van der Waals surface area contributed by atoms with E-state index in [-0.39, 0.29) is 5.75 Å². The number of benzene rings is 1. The van der Waals surface area contributed by atoms with E-state index in [9.17, 15) is 4.39 Å². The van der Waals surface area contributed by atoms with Gasteiger partial charge in [0.15, 0.2) is 17.9 Å². The number of rotatable bonds is 8. The molecule has 3 heterocycles. The van der Waals surface area contributed by atoms with E-state index in [0.717, 1.165) is 39.1 Å². The maximum Gasteiger partial charge on any atom is 0.208 e. The van der Waals surface area contributed by atoms with Crippen LogP contribution in [0.15, 0.2) is 28.2 Å². The number of guanidine groups is 2. The number of anilines is 1. The highest BCUT2D eigenvalue weighted by Crippen LogP contribution is 2.25. The minimum Gasteiger partial charge on any atom is -0.494 e. The Morgan fingerprint density at radius 1 is 1.15 bits per heavy atom. The zero-order chi connectivity index (χ0) is 23.9. The Morgan fingerprint density at radius 3 is 2.71 bits per heavy atom. The first-order valence-electron chi connectivity index (χ1n) is 12.6. The van der Waals surface area contributed by atoms with Gasteiger partial charge < -0.3 is 15.0 Å². The lowest BCUT2D eigenvalue weighted by molar-refractivity contribution is 0.235. The van der Waals surface area contributed by atoms with Gasteiger partial charge in [0.2, 0.25) is 11.9 Å². The van der Waals surface area contributed by atoms with Crippen LogP contribution in [-0.4, -0.2) is 87.0 Å². The first-order chi connectivity index (χ1) is 16.6. The second-order valence-corrected chi connectivity index (χ2v) is 9.12. The molecule has 0 bridgehead atoms. The molecule has 3 aliphatic rings. The highest BCUT2D eigenvalue weighted by Gasteiger charge is 2.30. The van der Waals surface area contributed by atoms with Gasteiger partial charge in [0.25, 0.3) is 0 Å². The first kappa shape index (κ1) is 24.7. The van der Waals surface area contributed by atoms with Crippen LogP contribution in [0.2, 0.25) is 0 Å². The lowest BCUT2D eigenvalue weighted by Crippen LogP contribution is -2.68. The third-order valence-corrected chi connectivity index (χ3v) is 6.93. The molecule has 3 fully saturated rings. The number of aliphatic imine (C=N–C) groups is 2. The molecular formula is C24H39FN8O. The summed E-state index contributed by atoms with van der Waals surface area (Å²) in [4.78, 5) is 16.3. The van der Waals surface area contributed by atoms with Crippen molar-refractivity contribution < 1.29 is 9.13 Å². The first-order valence-corrected chi connectivity index (χ1v) is 12.6. The minimum atomic E-state index is -0.632. The van der Waals surface area contributed by atoms with Gasteiger partial charge in [-0.1, -0.05) is 13.3 Å². The molecule has 4 N–H and O–H groups in total. The number of hydrogen-bond donors (Lipinski definition) is 3. The summed E-state index contributed by atoms with van der Waals surface area (Å²) in [5, 5.41) is 6.53. The van der Waals surface area contributed by atoms with E-state index in [4.69, 9.17) is 20.5 Å². The van der Waals surface area contributed by atoms with Crippen molar-refractivity contribution in [2.75, 3.05) is 57.8 Å². The van der Waals surface area contributed by atoms with E-state index < -0.39 is 12.1 Å². The van der Waals surface area contributed by atoms with Crippen molar-refractivity contribution in [2.45, 2.75) is 51.4 Å². The van der Waals surface area contributed by atoms with Crippen LogP contribution in [-0.2, 0) is 0 Å². The molecule has 188 valence electrons. The van der Waals surface area contributed by atoms with Crippen LogP contribution in [0.25, 0.3) is 0 Å². The molecule has 3 aliphatic heterocycles. The summed E-state index contributed by atoms with van der Waals surface area (Å²) in [6.07, 6.45) is 5.53. The molecule has 0 radical (unpaired) electrons. The fourth-order valence-corrected chi connectivity index (χ4v) is 5.02. The lowest BCUT2D eigenvalue weighted by Gasteiger charge is -2.38. The summed E-state index contributed by atoms with van der Waals surface area (Å²) in [5.74, 6) is 0.932. The largest absolute Gasteiger partial charge is 0.494 e. The normalized spacial score (nSPS) is 26.6. The monoisotopic (exact) mass is 474 g/mol. The molecule has 3 saturated heterocycles. The molecule has 34 heavy (non-hydrogen) atoms. The number of nitrogens with zero attached hydrogens (tertiary/aromatic N) is 5. The topological polar surface area (TPSA) is 93.8 Å². The molecule has 0 aliphatic carbocycles. The molecule has 0 saturated carbocycles. The van der Waals surface area contributed by atoms with Crippen LogP contribution in [0.5, 0.6) is 5.75 Å². The van der Waals surface area contributed by atoms with Crippen molar-refractivity contribution in [2.24, 2.45) is 15.7 Å². The maximum atomic E-state index is 14.5. The SMILES string of the molecule is CCN1CCCC1CN=C1NC(=NCCN2CCCCC2)NC(N)N1c1ccc(OC)c(F)c1. The standard InChI is InChI=1S/C24H39FN8O/c1-3-32-14-7-8-19(32)17-28-24-30-23(27-11-15-31-12-5-4-6-13-31)29-22(26)33(24)18-9-10-21(34-2)20(25)16-18/h9-10,16,19,22H,3-8,11-15,17,26H2,1-2H3,(H2,27,28,29,30). The third kappa shape index (κ3) is 5.97. The van der Waals surface area contributed by atoms with Gasteiger partial charge in [-0.05, 0) is 64.0 Å². The molecular weight excluding hydrogens is 435 g/mol. The van der Waals surface area contributed by atoms with Crippen molar-refractivity contribution >= 4 is 17.6 Å². The predicted octanol–water partition coefficient (Wildman–Crippen LogP) is 1.76. The molecule has 2 unspecified atom stereocenters. The van der Waals surface area contributed by atoms with E-state index in [0.29, 0.717) is 36.7 Å². The summed E-state index contributed by atoms with van der Waals surface area (Å²) >= 11 is 0. The summed E-state index contributed by atoms with van der Waals surface area (Å²) in [7, 11) is 1.45. The number of likely N-dealkylation sites (tertiary alicyclic amines) is 2. The highest BCUT2D eigenvalue weighted by molar-refractivity contribution is 6.09. The number of ether oxygens (including phenoxy) is 1. The van der Waals surface area contributed by atoms with Gasteiger partial charge in [-0.25, -0.2) is 4.39 Å². The third-order valence-electron chi connectivity index (χ3n) is 6.93. The Kier molecular flexibility index (Phi) is 8.58. The predicted molar refractivity (Wildman–Crippen MR) is 135 cm³/mol. The molecule has 1 aromatic carbocycles. The molecule has 2 atom stereocenters. The van der Waals surface area contributed by atoms with Gasteiger partial charge in [0, 0.05) is 18.7 Å². The average Bonchev–Trinajstić information content (AvgIpc) is 3.31. The van der Waals surface area contributed by atoms with Gasteiger partial charge in [-0.2, -0.15) is 0 Å². The quantitative estimate of drug-likeness (QED) is 0.529. The van der Waals surface area contributed by atoms with E-state index >= 15 is 0 Å². The molecule has 1 aromatic rings. The van der Waals surface area contributed by atoms with Crippen LogP contribution in [0, 0.1) is 5.82 Å². The fourth-order valence-electron chi connectivity index (χ4n) is 5.02. The molecule has 0 amide bonds. The Bertz CT molecular complexity index is 873. The number of likely N-dealkylation sites (N-methyl/N-ethyl adjacent to an activating group) is 1. The van der Waals surface area contributed by atoms with Crippen molar-refractivity contribution in [3.8, 4) is 5.75 Å². The Morgan fingerprint density at radius 2 is 1.97 bits per heavy atom. The van der Waals surface area contributed by atoms with Crippen molar-refractivity contribution in [1.82, 2.24) is 20.4 Å². The van der Waals surface area contributed by atoms with Crippen molar-refractivity contribution in [3.63, 3.8) is 0 Å². The minimum absolute atomic E-state index is 0.193. The number of nitrogens with two attached hydrogens (primary N) is 1. The van der Waals surface area contributed by atoms with Crippen LogP contribution < -0.4 is 26.0 Å². The summed E-state index contributed by atoms with van der Waals surface area (Å²) in [6, 6.07) is 5.21. The molecule has 10 heteroatoms. The Hall–Kier alpha value is -2.43. The van der Waals surface area contributed by atoms with E-state index in [1.165, 1.54) is 38.9 Å². The number of methoxy groups -OCH3 is 1. The average molecular weight is 475 g/mol. The fraction of sp³-hybridized carbons (Fsp3) is 0.667. The van der Waals surface area contributed by atoms with Crippen molar-refractivity contribution in [1.29, 1.82) is 0 Å². The summed E-state index contributed by atoms with van der Waals surface area (Å²) in [5.41, 5.74) is 7.10. The summed E-state index contributed by atoms with van der Waals surface area (Å²) in [6.45, 7) is 8.85. The number of piperidine rings is 1. The van der Waals surface area contributed by atoms with E-state index in [1.54, 1.807) is 17.0 Å². The number of hydrogen-bond acceptors (Lipinski definition) is 6. The van der Waals surface area contributed by atoms with E-state index in [1.807, 2.05) is 0 Å². The van der Waals surface area contributed by atoms with E-state index in [2.05, 4.69) is 27.4 Å². The van der Waals surface area contributed by atoms with Crippen molar-refractivity contribution in [3.05, 3.63) is 24.0 Å². The van der Waals surface area contributed by atoms with Crippen LogP contribution in [0.1, 0.15) is 39.0 Å². The van der Waals surface area contributed by atoms with Gasteiger partial charge in [0.05, 0.1) is 25.9 Å². The smallest absolute Gasteiger partial charge is 0.208 e. The number of halogens is 1. The van der Waals surface area contributed by atoms with Gasteiger partial charge in [0.1, 0.15) is 0 Å². The van der Waals surface area contributed by atoms with Crippen LogP contribution in [0.3, 0.4) is 0 Å². The second kappa shape index (κ2) is 11.8. The van der Waals surface area contributed by atoms with Crippen LogP contribution in [0.4, 0.5) is 10.1 Å². The highest BCUT2D eigenvalue weighted by atomic mass is 19.1. The lowest BCUT2D eigenvalue weighted by atomic mass is 10.1.